The minimum absolute atomic E-state index is 0.496. The third kappa shape index (κ3) is 2.97. The zero-order valence-electron chi connectivity index (χ0n) is 11.0. The molecule has 110 valence electrons. The highest BCUT2D eigenvalue weighted by atomic mass is 35.5. The summed E-state index contributed by atoms with van der Waals surface area (Å²) < 4.78 is -0.992. The van der Waals surface area contributed by atoms with Gasteiger partial charge in [-0.25, -0.2) is 0 Å². The molecule has 0 heterocycles. The van der Waals surface area contributed by atoms with Gasteiger partial charge in [-0.15, -0.1) is 0 Å². The van der Waals surface area contributed by atoms with Gasteiger partial charge in [0, 0.05) is 9.79 Å². The lowest BCUT2D eigenvalue weighted by atomic mass is 10.0. The Bertz CT molecular complexity index is 778. The molecule has 0 aliphatic carbocycles. The number of fused-ring (bicyclic) bond motifs is 2. The van der Waals surface area contributed by atoms with Gasteiger partial charge >= 0.3 is 0 Å². The Morgan fingerprint density at radius 3 is 1.14 bits per heavy atom. The van der Waals surface area contributed by atoms with Gasteiger partial charge in [0.2, 0.25) is 0 Å². The van der Waals surface area contributed by atoms with Gasteiger partial charge in [-0.2, -0.15) is 0 Å². The molecule has 0 fully saturated rings. The molecule has 6 heteroatoms. The normalized spacial score (nSPS) is 11.0. The number of carbonyl (C=O) groups excluding carboxylic acids is 2. The van der Waals surface area contributed by atoms with E-state index < -0.39 is 9.15 Å². The van der Waals surface area contributed by atoms with E-state index in [2.05, 4.69) is 0 Å². The SMILES string of the molecule is O=C(Cl)Sc1c2ccccc2c(SC(=O)Cl)c2ccccc12. The molecule has 0 amide bonds. The van der Waals surface area contributed by atoms with Crippen molar-refractivity contribution < 1.29 is 9.59 Å². The quantitative estimate of drug-likeness (QED) is 0.280. The van der Waals surface area contributed by atoms with Gasteiger partial charge in [-0.3, -0.25) is 9.59 Å². The second kappa shape index (κ2) is 6.50. The Balaban J connectivity index is 2.47. The van der Waals surface area contributed by atoms with Crippen LogP contribution in [0.3, 0.4) is 0 Å². The highest BCUT2D eigenvalue weighted by Gasteiger charge is 2.17. The number of hydrogen-bond acceptors (Lipinski definition) is 4. The van der Waals surface area contributed by atoms with Gasteiger partial charge in [0.25, 0.3) is 9.15 Å². The van der Waals surface area contributed by atoms with Crippen molar-refractivity contribution >= 4 is 77.4 Å². The molecule has 0 atom stereocenters. The van der Waals surface area contributed by atoms with Crippen LogP contribution in [0.15, 0.2) is 58.3 Å². The molecule has 3 aromatic carbocycles. The first-order chi connectivity index (χ1) is 10.6. The van der Waals surface area contributed by atoms with E-state index in [1.807, 2.05) is 48.5 Å². The summed E-state index contributed by atoms with van der Waals surface area (Å²) in [5.41, 5.74) is 0. The highest BCUT2D eigenvalue weighted by molar-refractivity contribution is 8.17. The lowest BCUT2D eigenvalue weighted by Crippen LogP contribution is -1.89. The Morgan fingerprint density at radius 2 is 0.909 bits per heavy atom. The molecule has 0 aliphatic rings. The molecular weight excluding hydrogens is 359 g/mol. The summed E-state index contributed by atoms with van der Waals surface area (Å²) in [4.78, 5) is 24.4. The zero-order valence-corrected chi connectivity index (χ0v) is 14.2. The van der Waals surface area contributed by atoms with Crippen molar-refractivity contribution in [2.75, 3.05) is 0 Å². The minimum atomic E-state index is -0.496. The third-order valence-electron chi connectivity index (χ3n) is 3.20. The molecule has 0 saturated heterocycles. The molecule has 0 aromatic heterocycles. The largest absolute Gasteiger partial charge is 0.284 e. The Kier molecular flexibility index (Phi) is 4.64. The molecule has 0 spiro atoms. The van der Waals surface area contributed by atoms with E-state index in [9.17, 15) is 9.59 Å². The van der Waals surface area contributed by atoms with E-state index >= 15 is 0 Å². The molecule has 2 nitrogen and oxygen atoms in total. The van der Waals surface area contributed by atoms with Crippen molar-refractivity contribution in [3.05, 3.63) is 48.5 Å². The predicted octanol–water partition coefficient (Wildman–Crippen LogP) is 6.89. The summed E-state index contributed by atoms with van der Waals surface area (Å²) in [6.07, 6.45) is 0. The molecular formula is C16H8Cl2O2S2. The van der Waals surface area contributed by atoms with Crippen LogP contribution in [0.5, 0.6) is 0 Å². The van der Waals surface area contributed by atoms with E-state index in [0.29, 0.717) is 0 Å². The van der Waals surface area contributed by atoms with Crippen molar-refractivity contribution in [1.82, 2.24) is 0 Å². The van der Waals surface area contributed by atoms with Crippen molar-refractivity contribution in [2.45, 2.75) is 9.79 Å². The fourth-order valence-corrected chi connectivity index (χ4v) is 4.36. The molecule has 0 saturated carbocycles. The van der Waals surface area contributed by atoms with Gasteiger partial charge in [0.05, 0.1) is 0 Å². The highest BCUT2D eigenvalue weighted by Crippen LogP contribution is 2.43. The molecule has 0 bridgehead atoms. The number of rotatable bonds is 2. The molecule has 0 radical (unpaired) electrons. The number of thioether (sulfide) groups is 2. The van der Waals surface area contributed by atoms with Crippen molar-refractivity contribution in [3.8, 4) is 0 Å². The summed E-state index contributed by atoms with van der Waals surface area (Å²) in [6, 6.07) is 15.2. The maximum Gasteiger partial charge on any atom is 0.284 e. The smallest absolute Gasteiger partial charge is 0.268 e. The lowest BCUT2D eigenvalue weighted by molar-refractivity contribution is 0.275. The van der Waals surface area contributed by atoms with E-state index in [0.717, 1.165) is 54.9 Å². The first-order valence-electron chi connectivity index (χ1n) is 6.26. The number of carbonyl (C=O) groups is 2. The summed E-state index contributed by atoms with van der Waals surface area (Å²) in [7, 11) is 0. The third-order valence-corrected chi connectivity index (χ3v) is 5.27. The average Bonchev–Trinajstić information content (AvgIpc) is 2.50. The first-order valence-corrected chi connectivity index (χ1v) is 8.65. The molecule has 22 heavy (non-hydrogen) atoms. The fourth-order valence-electron chi connectivity index (χ4n) is 2.43. The van der Waals surface area contributed by atoms with Crippen LogP contribution in [-0.2, 0) is 0 Å². The van der Waals surface area contributed by atoms with Crippen molar-refractivity contribution in [2.24, 2.45) is 0 Å². The Labute approximate surface area is 145 Å². The standard InChI is InChI=1S/C16H8Cl2O2S2/c17-15(19)21-13-9-5-1-2-6-10(9)14(22-16(18)20)12-8-4-3-7-11(12)13/h1-8H. The summed E-state index contributed by atoms with van der Waals surface area (Å²) >= 11 is 13.1. The number of halogens is 2. The van der Waals surface area contributed by atoms with Gasteiger partial charge < -0.3 is 0 Å². The van der Waals surface area contributed by atoms with Crippen LogP contribution >= 0.6 is 46.7 Å². The Hall–Kier alpha value is -1.20. The van der Waals surface area contributed by atoms with E-state index in [-0.39, 0.29) is 0 Å². The first kappa shape index (κ1) is 15.7. The van der Waals surface area contributed by atoms with Crippen LogP contribution < -0.4 is 0 Å². The molecule has 3 aromatic rings. The maximum atomic E-state index is 11.4. The van der Waals surface area contributed by atoms with Crippen LogP contribution in [0.2, 0.25) is 0 Å². The zero-order chi connectivity index (χ0) is 15.7. The van der Waals surface area contributed by atoms with Gasteiger partial charge in [-0.05, 0) is 68.3 Å². The second-order valence-corrected chi connectivity index (χ2v) is 7.53. The molecule has 0 unspecified atom stereocenters. The monoisotopic (exact) mass is 366 g/mol. The summed E-state index contributed by atoms with van der Waals surface area (Å²) in [6.45, 7) is 0. The van der Waals surface area contributed by atoms with Crippen molar-refractivity contribution in [1.29, 1.82) is 0 Å². The van der Waals surface area contributed by atoms with Crippen LogP contribution in [0.4, 0.5) is 9.59 Å². The number of benzene rings is 3. The predicted molar refractivity (Wildman–Crippen MR) is 95.7 cm³/mol. The second-order valence-electron chi connectivity index (χ2n) is 4.43. The molecule has 0 N–H and O–H groups in total. The summed E-state index contributed by atoms with van der Waals surface area (Å²) in [5.74, 6) is 0. The van der Waals surface area contributed by atoms with Crippen LogP contribution in [0.25, 0.3) is 21.5 Å². The lowest BCUT2D eigenvalue weighted by Gasteiger charge is -2.13. The van der Waals surface area contributed by atoms with E-state index in [1.54, 1.807) is 0 Å². The maximum absolute atomic E-state index is 11.4. The van der Waals surface area contributed by atoms with E-state index in [4.69, 9.17) is 23.2 Å². The molecule has 3 rings (SSSR count). The average molecular weight is 367 g/mol. The van der Waals surface area contributed by atoms with E-state index in [1.165, 1.54) is 0 Å². The Morgan fingerprint density at radius 1 is 0.636 bits per heavy atom. The number of hydrogen-bond donors (Lipinski definition) is 0. The van der Waals surface area contributed by atoms with Crippen molar-refractivity contribution in [3.63, 3.8) is 0 Å². The summed E-state index contributed by atoms with van der Waals surface area (Å²) in [5, 5.41) is 3.50. The minimum Gasteiger partial charge on any atom is -0.268 e. The van der Waals surface area contributed by atoms with Gasteiger partial charge in [0.1, 0.15) is 0 Å². The fraction of sp³-hybridized carbons (Fsp3) is 0. The van der Waals surface area contributed by atoms with Gasteiger partial charge in [0.15, 0.2) is 0 Å². The molecule has 0 aliphatic heterocycles. The van der Waals surface area contributed by atoms with Crippen LogP contribution in [-0.4, -0.2) is 9.15 Å². The van der Waals surface area contributed by atoms with Crippen LogP contribution in [0.1, 0.15) is 0 Å². The topological polar surface area (TPSA) is 34.1 Å². The van der Waals surface area contributed by atoms with Gasteiger partial charge in [-0.1, -0.05) is 48.5 Å². The van der Waals surface area contributed by atoms with Crippen LogP contribution in [0, 0.1) is 0 Å².